The fourth-order valence-corrected chi connectivity index (χ4v) is 4.15. The third-order valence-electron chi connectivity index (χ3n) is 5.12. The smallest absolute Gasteiger partial charge is 0.276 e. The normalized spacial score (nSPS) is 17.6. The molecule has 1 atom stereocenters. The van der Waals surface area contributed by atoms with Gasteiger partial charge in [-0.15, -0.1) is 5.10 Å². The van der Waals surface area contributed by atoms with Gasteiger partial charge in [-0.3, -0.25) is 10.1 Å². The van der Waals surface area contributed by atoms with Gasteiger partial charge in [0.05, 0.1) is 5.36 Å². The van der Waals surface area contributed by atoms with E-state index in [2.05, 4.69) is 10.4 Å². The first-order valence-corrected chi connectivity index (χ1v) is 10.9. The third kappa shape index (κ3) is 3.02. The summed E-state index contributed by atoms with van der Waals surface area (Å²) in [4.78, 5) is 17.7. The van der Waals surface area contributed by atoms with Gasteiger partial charge in [-0.1, -0.05) is 53.7 Å². The summed E-state index contributed by atoms with van der Waals surface area (Å²) in [5.41, 5.74) is 2.32. The first-order valence-electron chi connectivity index (χ1n) is 9.32. The number of fused-ring (bicyclic) bond motifs is 2. The van der Waals surface area contributed by atoms with Crippen molar-refractivity contribution >= 4 is 40.1 Å². The topological polar surface area (TPSA) is 70.2 Å². The second-order valence-electron chi connectivity index (χ2n) is 6.89. The molecular formula is C22H17ClN4O2S. The van der Waals surface area contributed by atoms with E-state index in [0.29, 0.717) is 27.4 Å². The van der Waals surface area contributed by atoms with Crippen molar-refractivity contribution in [1.29, 1.82) is 0 Å². The number of hydrogen-bond donors (Lipinski definition) is 1. The zero-order valence-electron chi connectivity index (χ0n) is 16.2. The fourth-order valence-electron chi connectivity index (χ4n) is 3.62. The van der Waals surface area contributed by atoms with Crippen LogP contribution in [0.2, 0.25) is 5.02 Å². The molecule has 2 aliphatic rings. The quantitative estimate of drug-likeness (QED) is 0.668. The molecule has 0 radical (unpaired) electrons. The Morgan fingerprint density at radius 2 is 1.97 bits per heavy atom. The van der Waals surface area contributed by atoms with Crippen LogP contribution in [0.5, 0.6) is 0 Å². The molecule has 0 aliphatic carbocycles. The van der Waals surface area contributed by atoms with Crippen molar-refractivity contribution in [3.63, 3.8) is 0 Å². The molecule has 6 nitrogen and oxygen atoms in total. The number of furan rings is 1. The van der Waals surface area contributed by atoms with Gasteiger partial charge >= 0.3 is 0 Å². The van der Waals surface area contributed by atoms with E-state index in [9.17, 15) is 4.79 Å². The first-order chi connectivity index (χ1) is 14.6. The number of para-hydroxylation sites is 1. The van der Waals surface area contributed by atoms with Crippen LogP contribution in [0, 0.1) is 6.92 Å². The lowest BCUT2D eigenvalue weighted by molar-refractivity contribution is -0.116. The minimum Gasteiger partial charge on any atom is -0.457 e. The Morgan fingerprint density at radius 3 is 2.80 bits per heavy atom. The van der Waals surface area contributed by atoms with Gasteiger partial charge in [0.1, 0.15) is 11.5 Å². The number of carbonyl (C=O) groups is 1. The van der Waals surface area contributed by atoms with Gasteiger partial charge < -0.3 is 4.42 Å². The second kappa shape index (κ2) is 7.34. The lowest BCUT2D eigenvalue weighted by atomic mass is 10.1. The predicted molar refractivity (Wildman–Crippen MR) is 118 cm³/mol. The Morgan fingerprint density at radius 1 is 1.13 bits per heavy atom. The SMILES string of the molecule is CSC1=NN2C(=c3ccccc3=N[C@@H]2c2ccc(-c3cccc(Cl)c3C)o2)C(=O)N1. The van der Waals surface area contributed by atoms with Gasteiger partial charge in [-0.05, 0) is 43.0 Å². The van der Waals surface area contributed by atoms with E-state index < -0.39 is 6.17 Å². The molecule has 0 saturated heterocycles. The molecule has 8 heteroatoms. The second-order valence-corrected chi connectivity index (χ2v) is 8.09. The molecule has 1 amide bonds. The minimum absolute atomic E-state index is 0.209. The number of thioether (sulfide) groups is 1. The lowest BCUT2D eigenvalue weighted by Gasteiger charge is -2.32. The molecular weight excluding hydrogens is 420 g/mol. The van der Waals surface area contributed by atoms with Gasteiger partial charge in [0.15, 0.2) is 10.9 Å². The lowest BCUT2D eigenvalue weighted by Crippen LogP contribution is -2.50. The third-order valence-corrected chi connectivity index (χ3v) is 6.10. The molecule has 2 aromatic carbocycles. The molecule has 0 unspecified atom stereocenters. The largest absolute Gasteiger partial charge is 0.457 e. The van der Waals surface area contributed by atoms with Gasteiger partial charge in [-0.2, -0.15) is 0 Å². The average molecular weight is 437 g/mol. The first kappa shape index (κ1) is 19.0. The monoisotopic (exact) mass is 436 g/mol. The Labute approximate surface area is 181 Å². The fraction of sp³-hybridized carbons (Fsp3) is 0.136. The number of nitrogens with zero attached hydrogens (tertiary/aromatic N) is 3. The van der Waals surface area contributed by atoms with Crippen LogP contribution in [0.15, 0.2) is 69.1 Å². The zero-order valence-corrected chi connectivity index (χ0v) is 17.8. The highest BCUT2D eigenvalue weighted by Crippen LogP contribution is 2.35. The minimum atomic E-state index is -0.587. The summed E-state index contributed by atoms with van der Waals surface area (Å²) < 4.78 is 6.20. The van der Waals surface area contributed by atoms with E-state index in [1.165, 1.54) is 11.8 Å². The standard InChI is InChI=1S/C22H17ClN4O2S/c1-12-13(7-5-8-15(12)23)17-10-11-18(29-17)20-24-16-9-4-3-6-14(16)19-21(28)25-22(30-2)26-27(19)20/h3-11,20H,1-2H3,(H,25,26,28)/t20-/m0/s1. The average Bonchev–Trinajstić information content (AvgIpc) is 3.24. The Bertz CT molecular complexity index is 1330. The molecule has 30 heavy (non-hydrogen) atoms. The zero-order chi connectivity index (χ0) is 20.8. The molecule has 3 aromatic rings. The molecule has 0 saturated carbocycles. The number of benzene rings is 2. The van der Waals surface area contributed by atoms with Gasteiger partial charge in [0.25, 0.3) is 5.91 Å². The summed E-state index contributed by atoms with van der Waals surface area (Å²) in [6.45, 7) is 1.96. The molecule has 5 rings (SSSR count). The number of nitrogens with one attached hydrogen (secondary N) is 1. The van der Waals surface area contributed by atoms with Crippen molar-refractivity contribution in [3.05, 3.63) is 81.5 Å². The molecule has 1 aromatic heterocycles. The number of rotatable bonds is 2. The van der Waals surface area contributed by atoms with Crippen LogP contribution in [-0.2, 0) is 4.79 Å². The summed E-state index contributed by atoms with van der Waals surface area (Å²) in [5.74, 6) is 1.07. The molecule has 3 heterocycles. The number of hydrogen-bond acceptors (Lipinski definition) is 6. The Kier molecular flexibility index (Phi) is 4.64. The van der Waals surface area contributed by atoms with Crippen LogP contribution in [0.1, 0.15) is 17.5 Å². The van der Waals surface area contributed by atoms with Crippen molar-refractivity contribution in [3.8, 4) is 11.3 Å². The number of hydrazone groups is 1. The van der Waals surface area contributed by atoms with Gasteiger partial charge in [-0.25, -0.2) is 10.0 Å². The highest BCUT2D eigenvalue weighted by atomic mass is 35.5. The molecule has 0 fully saturated rings. The van der Waals surface area contributed by atoms with Crippen LogP contribution in [-0.4, -0.2) is 22.3 Å². The van der Waals surface area contributed by atoms with Gasteiger partial charge in [0.2, 0.25) is 6.17 Å². The van der Waals surface area contributed by atoms with Crippen molar-refractivity contribution in [2.45, 2.75) is 13.1 Å². The number of amides is 1. The summed E-state index contributed by atoms with van der Waals surface area (Å²) in [5, 5.41) is 11.7. The van der Waals surface area contributed by atoms with E-state index in [1.54, 1.807) is 5.01 Å². The van der Waals surface area contributed by atoms with Crippen molar-refractivity contribution < 1.29 is 9.21 Å². The van der Waals surface area contributed by atoms with E-state index in [0.717, 1.165) is 21.7 Å². The number of halogens is 1. The van der Waals surface area contributed by atoms with E-state index in [-0.39, 0.29) is 5.91 Å². The van der Waals surface area contributed by atoms with Crippen molar-refractivity contribution in [1.82, 2.24) is 10.3 Å². The molecule has 0 bridgehead atoms. The summed E-state index contributed by atoms with van der Waals surface area (Å²) in [6, 6.07) is 17.0. The Balaban J connectivity index is 1.67. The van der Waals surface area contributed by atoms with Crippen molar-refractivity contribution in [2.75, 3.05) is 6.26 Å². The molecule has 1 N–H and O–H groups in total. The maximum atomic E-state index is 12.9. The summed E-state index contributed by atoms with van der Waals surface area (Å²) >= 11 is 7.64. The van der Waals surface area contributed by atoms with Crippen LogP contribution >= 0.6 is 23.4 Å². The molecule has 150 valence electrons. The van der Waals surface area contributed by atoms with Crippen molar-refractivity contribution in [2.24, 2.45) is 10.1 Å². The van der Waals surface area contributed by atoms with Crippen LogP contribution in [0.4, 0.5) is 0 Å². The van der Waals surface area contributed by atoms with E-state index in [4.69, 9.17) is 21.0 Å². The van der Waals surface area contributed by atoms with Crippen LogP contribution in [0.3, 0.4) is 0 Å². The van der Waals surface area contributed by atoms with Crippen LogP contribution < -0.4 is 15.9 Å². The highest BCUT2D eigenvalue weighted by Gasteiger charge is 2.35. The van der Waals surface area contributed by atoms with Crippen LogP contribution in [0.25, 0.3) is 17.0 Å². The van der Waals surface area contributed by atoms with E-state index in [1.807, 2.05) is 67.8 Å². The molecule has 0 spiro atoms. The molecule has 2 aliphatic heterocycles. The maximum absolute atomic E-state index is 12.9. The summed E-state index contributed by atoms with van der Waals surface area (Å²) in [6.07, 6.45) is 1.28. The predicted octanol–water partition coefficient (Wildman–Crippen LogP) is 3.41. The van der Waals surface area contributed by atoms with Gasteiger partial charge in [0, 0.05) is 15.8 Å². The van der Waals surface area contributed by atoms with E-state index >= 15 is 0 Å². The Hall–Kier alpha value is -3.03. The maximum Gasteiger partial charge on any atom is 0.276 e. The number of amidine groups is 1. The highest BCUT2D eigenvalue weighted by molar-refractivity contribution is 8.13. The summed E-state index contributed by atoms with van der Waals surface area (Å²) in [7, 11) is 0. The number of carbonyl (C=O) groups excluding carboxylic acids is 1.